The Bertz CT molecular complexity index is 542. The zero-order valence-electron chi connectivity index (χ0n) is 10.8. The molecule has 0 saturated carbocycles. The van der Waals surface area contributed by atoms with Crippen molar-refractivity contribution in [2.45, 2.75) is 26.8 Å². The van der Waals surface area contributed by atoms with Crippen molar-refractivity contribution in [1.29, 1.82) is 0 Å². The van der Waals surface area contributed by atoms with Gasteiger partial charge in [-0.3, -0.25) is 0 Å². The van der Waals surface area contributed by atoms with Gasteiger partial charge in [-0.15, -0.1) is 0 Å². The molecule has 2 aromatic rings. The number of aromatic nitrogens is 5. The van der Waals surface area contributed by atoms with Crippen LogP contribution in [0.15, 0.2) is 4.52 Å². The second kappa shape index (κ2) is 5.94. The van der Waals surface area contributed by atoms with E-state index in [0.29, 0.717) is 30.8 Å². The van der Waals surface area contributed by atoms with Crippen LogP contribution in [0, 0.1) is 6.92 Å². The number of nitrogens with two attached hydrogens (primary N) is 1. The average molecular weight is 265 g/mol. The molecular formula is C10H15N7O2. The van der Waals surface area contributed by atoms with Crippen LogP contribution in [0.5, 0.6) is 6.01 Å². The minimum atomic E-state index is 0.0883. The van der Waals surface area contributed by atoms with Crippen molar-refractivity contribution in [3.05, 3.63) is 11.7 Å². The summed E-state index contributed by atoms with van der Waals surface area (Å²) in [7, 11) is 0. The number of nitrogen functional groups attached to an aromatic ring is 1. The largest absolute Gasteiger partial charge is 0.463 e. The van der Waals surface area contributed by atoms with Crippen molar-refractivity contribution in [2.75, 3.05) is 17.7 Å². The Kier molecular flexibility index (Phi) is 4.06. The molecule has 9 nitrogen and oxygen atoms in total. The third-order valence-electron chi connectivity index (χ3n) is 2.03. The second-order valence-corrected chi connectivity index (χ2v) is 3.74. The monoisotopic (exact) mass is 265 g/mol. The molecule has 19 heavy (non-hydrogen) atoms. The summed E-state index contributed by atoms with van der Waals surface area (Å²) in [6.45, 7) is 4.55. The highest BCUT2D eigenvalue weighted by molar-refractivity contribution is 5.32. The van der Waals surface area contributed by atoms with E-state index in [9.17, 15) is 0 Å². The first kappa shape index (κ1) is 13.0. The maximum Gasteiger partial charge on any atom is 0.323 e. The first-order valence-electron chi connectivity index (χ1n) is 5.84. The van der Waals surface area contributed by atoms with Gasteiger partial charge in [0.15, 0.2) is 5.82 Å². The summed E-state index contributed by atoms with van der Waals surface area (Å²) in [6, 6.07) is 0.193. The van der Waals surface area contributed by atoms with Crippen molar-refractivity contribution >= 4 is 11.9 Å². The summed E-state index contributed by atoms with van der Waals surface area (Å²) in [6.07, 6.45) is 0.857. The molecule has 0 amide bonds. The lowest BCUT2D eigenvalue weighted by atomic mass is 10.5. The summed E-state index contributed by atoms with van der Waals surface area (Å²) < 4.78 is 10.3. The molecule has 0 radical (unpaired) electrons. The van der Waals surface area contributed by atoms with Crippen LogP contribution in [0.4, 0.5) is 11.9 Å². The van der Waals surface area contributed by atoms with Gasteiger partial charge in [-0.05, 0) is 13.3 Å². The van der Waals surface area contributed by atoms with Crippen molar-refractivity contribution in [3.8, 4) is 6.01 Å². The Morgan fingerprint density at radius 2 is 2.11 bits per heavy atom. The molecule has 0 aliphatic heterocycles. The quantitative estimate of drug-likeness (QED) is 0.769. The van der Waals surface area contributed by atoms with Gasteiger partial charge in [0.2, 0.25) is 17.8 Å². The molecule has 0 atom stereocenters. The standard InChI is InChI=1S/C10H15N7O2/c1-3-4-18-10-15-8(11)14-9(16-10)12-5-7-13-6(2)17-19-7/h3-5H2,1-2H3,(H3,11,12,14,15,16). The van der Waals surface area contributed by atoms with Crippen LogP contribution < -0.4 is 15.8 Å². The van der Waals surface area contributed by atoms with E-state index >= 15 is 0 Å². The number of rotatable bonds is 6. The highest BCUT2D eigenvalue weighted by Gasteiger charge is 2.07. The molecule has 0 aliphatic rings. The molecule has 3 N–H and O–H groups in total. The van der Waals surface area contributed by atoms with Gasteiger partial charge >= 0.3 is 6.01 Å². The Hall–Kier alpha value is -2.45. The third-order valence-corrected chi connectivity index (χ3v) is 2.03. The molecule has 2 heterocycles. The number of nitrogens with zero attached hydrogens (tertiary/aromatic N) is 5. The minimum Gasteiger partial charge on any atom is -0.463 e. The number of anilines is 2. The summed E-state index contributed by atoms with van der Waals surface area (Å²) in [5, 5.41) is 6.59. The predicted molar refractivity (Wildman–Crippen MR) is 66.4 cm³/mol. The molecule has 9 heteroatoms. The van der Waals surface area contributed by atoms with Gasteiger partial charge < -0.3 is 20.3 Å². The lowest BCUT2D eigenvalue weighted by Gasteiger charge is -2.06. The van der Waals surface area contributed by atoms with Crippen molar-refractivity contribution < 1.29 is 9.26 Å². The number of hydrogen-bond acceptors (Lipinski definition) is 9. The molecule has 0 fully saturated rings. The van der Waals surface area contributed by atoms with Crippen molar-refractivity contribution in [1.82, 2.24) is 25.1 Å². The molecule has 2 aromatic heterocycles. The Labute approximate surface area is 109 Å². The van der Waals surface area contributed by atoms with Gasteiger partial charge in [0.05, 0.1) is 13.2 Å². The van der Waals surface area contributed by atoms with Crippen LogP contribution in [0.2, 0.25) is 0 Å². The van der Waals surface area contributed by atoms with E-state index in [1.165, 1.54) is 0 Å². The van der Waals surface area contributed by atoms with Crippen LogP contribution in [-0.2, 0) is 6.54 Å². The number of aryl methyl sites for hydroxylation is 1. The van der Waals surface area contributed by atoms with Crippen molar-refractivity contribution in [2.24, 2.45) is 0 Å². The molecule has 0 spiro atoms. The minimum absolute atomic E-state index is 0.0883. The Morgan fingerprint density at radius 1 is 1.26 bits per heavy atom. The third kappa shape index (κ3) is 3.76. The number of hydrogen-bond donors (Lipinski definition) is 2. The molecule has 2 rings (SSSR count). The molecule has 0 bridgehead atoms. The van der Waals surface area contributed by atoms with Gasteiger partial charge in [0.25, 0.3) is 0 Å². The first-order chi connectivity index (χ1) is 9.17. The Balaban J connectivity index is 2.01. The SMILES string of the molecule is CCCOc1nc(N)nc(NCc2nc(C)no2)n1. The molecule has 0 unspecified atom stereocenters. The molecule has 102 valence electrons. The summed E-state index contributed by atoms with van der Waals surface area (Å²) in [4.78, 5) is 15.9. The average Bonchev–Trinajstić information content (AvgIpc) is 2.79. The highest BCUT2D eigenvalue weighted by Crippen LogP contribution is 2.10. The smallest absolute Gasteiger partial charge is 0.323 e. The van der Waals surface area contributed by atoms with E-state index in [2.05, 4.69) is 30.4 Å². The Morgan fingerprint density at radius 3 is 2.79 bits per heavy atom. The van der Waals surface area contributed by atoms with Gasteiger partial charge in [0.1, 0.15) is 0 Å². The molecule has 0 saturated heterocycles. The van der Waals surface area contributed by atoms with Gasteiger partial charge in [-0.2, -0.15) is 19.9 Å². The molecule has 0 aromatic carbocycles. The van der Waals surface area contributed by atoms with Gasteiger partial charge in [-0.25, -0.2) is 0 Å². The van der Waals surface area contributed by atoms with Gasteiger partial charge in [0, 0.05) is 0 Å². The van der Waals surface area contributed by atoms with Crippen molar-refractivity contribution in [3.63, 3.8) is 0 Å². The zero-order chi connectivity index (χ0) is 13.7. The lowest BCUT2D eigenvalue weighted by Crippen LogP contribution is -2.09. The maximum atomic E-state index is 5.57. The zero-order valence-corrected chi connectivity index (χ0v) is 10.8. The van der Waals surface area contributed by atoms with E-state index in [1.807, 2.05) is 6.92 Å². The number of nitrogens with one attached hydrogen (secondary N) is 1. The summed E-state index contributed by atoms with van der Waals surface area (Å²) >= 11 is 0. The first-order valence-corrected chi connectivity index (χ1v) is 5.84. The van der Waals surface area contributed by atoms with E-state index in [-0.39, 0.29) is 12.0 Å². The van der Waals surface area contributed by atoms with Crippen LogP contribution in [-0.4, -0.2) is 31.7 Å². The fourth-order valence-corrected chi connectivity index (χ4v) is 1.28. The normalized spacial score (nSPS) is 10.4. The van der Waals surface area contributed by atoms with Crippen LogP contribution >= 0.6 is 0 Å². The lowest BCUT2D eigenvalue weighted by molar-refractivity contribution is 0.292. The van der Waals surface area contributed by atoms with Crippen LogP contribution in [0.25, 0.3) is 0 Å². The van der Waals surface area contributed by atoms with E-state index in [1.54, 1.807) is 6.92 Å². The highest BCUT2D eigenvalue weighted by atomic mass is 16.5. The summed E-state index contributed by atoms with van der Waals surface area (Å²) in [5.74, 6) is 1.39. The number of ether oxygens (including phenoxy) is 1. The predicted octanol–water partition coefficient (Wildman–Crippen LogP) is 0.546. The van der Waals surface area contributed by atoms with E-state index in [0.717, 1.165) is 6.42 Å². The summed E-state index contributed by atoms with van der Waals surface area (Å²) in [5.41, 5.74) is 5.57. The van der Waals surface area contributed by atoms with E-state index in [4.69, 9.17) is 15.0 Å². The second-order valence-electron chi connectivity index (χ2n) is 3.74. The molecular weight excluding hydrogens is 250 g/mol. The van der Waals surface area contributed by atoms with Gasteiger partial charge in [-0.1, -0.05) is 12.1 Å². The topological polar surface area (TPSA) is 125 Å². The van der Waals surface area contributed by atoms with Crippen LogP contribution in [0.3, 0.4) is 0 Å². The van der Waals surface area contributed by atoms with Crippen LogP contribution in [0.1, 0.15) is 25.1 Å². The fourth-order valence-electron chi connectivity index (χ4n) is 1.28. The van der Waals surface area contributed by atoms with E-state index < -0.39 is 0 Å². The maximum absolute atomic E-state index is 5.57. The molecule has 0 aliphatic carbocycles. The fraction of sp³-hybridized carbons (Fsp3) is 0.500.